The van der Waals surface area contributed by atoms with Gasteiger partial charge in [0.2, 0.25) is 0 Å². The molecule has 0 saturated heterocycles. The summed E-state index contributed by atoms with van der Waals surface area (Å²) in [6.45, 7) is 0. The van der Waals surface area contributed by atoms with Crippen molar-refractivity contribution in [3.8, 4) is 0 Å². The predicted molar refractivity (Wildman–Crippen MR) is 42.2 cm³/mol. The lowest BCUT2D eigenvalue weighted by atomic mass is 15.8. The normalized spacial score (nSPS) is 11.6. The Bertz CT molecular complexity index is 236. The van der Waals surface area contributed by atoms with E-state index in [4.69, 9.17) is 9.11 Å². The molecule has 0 aliphatic carbocycles. The Hall–Kier alpha value is 0.480. The molecule has 70 valence electrons. The SMILES string of the molecule is O=S(=O)(O)OS(=O)(=O)O.SS. The number of hydrogen-bond donors (Lipinski definition) is 4. The van der Waals surface area contributed by atoms with Gasteiger partial charge in [-0.2, -0.15) is 16.8 Å². The zero-order valence-corrected chi connectivity index (χ0v) is 8.07. The second kappa shape index (κ2) is 5.18. The molecule has 0 bridgehead atoms. The molecule has 0 rings (SSSR count). The molecule has 0 aromatic rings. The van der Waals surface area contributed by atoms with E-state index >= 15 is 0 Å². The maximum atomic E-state index is 9.44. The van der Waals surface area contributed by atoms with Crippen LogP contribution in [-0.2, 0) is 24.4 Å². The molecular weight excluding hydrogens is 240 g/mol. The van der Waals surface area contributed by atoms with Crippen LogP contribution in [0.2, 0.25) is 0 Å². The van der Waals surface area contributed by atoms with Crippen molar-refractivity contribution in [1.29, 1.82) is 0 Å². The maximum Gasteiger partial charge on any atom is 0.413 e. The molecule has 0 atom stereocenters. The van der Waals surface area contributed by atoms with Gasteiger partial charge in [-0.1, -0.05) is 0 Å². The van der Waals surface area contributed by atoms with Gasteiger partial charge in [-0.05, 0) is 0 Å². The molecule has 11 heteroatoms. The topological polar surface area (TPSA) is 118 Å². The molecule has 7 nitrogen and oxygen atoms in total. The van der Waals surface area contributed by atoms with E-state index in [0.29, 0.717) is 0 Å². The zero-order valence-electron chi connectivity index (χ0n) is 4.65. The lowest BCUT2D eigenvalue weighted by molar-refractivity contribution is 0.344. The van der Waals surface area contributed by atoms with E-state index in [0.717, 1.165) is 0 Å². The molecule has 0 fully saturated rings. The molecule has 0 aromatic heterocycles. The fourth-order valence-electron chi connectivity index (χ4n) is 0.109. The number of thiol groups is 2. The second-order valence-electron chi connectivity index (χ2n) is 0.924. The van der Waals surface area contributed by atoms with Crippen LogP contribution in [0.15, 0.2) is 0 Å². The van der Waals surface area contributed by atoms with E-state index in [1.807, 2.05) is 0 Å². The molecule has 0 saturated carbocycles. The highest BCUT2D eigenvalue weighted by Crippen LogP contribution is 1.91. The minimum atomic E-state index is -5.12. The standard InChI is InChI=1S/H2O7S2.H2S2/c1-8(2,3)7-9(4,5)6;1-2/h(H,1,2,3)(H,4,5,6);1-2H. The summed E-state index contributed by atoms with van der Waals surface area (Å²) in [6, 6.07) is 0. The molecule has 0 amide bonds. The highest BCUT2D eigenvalue weighted by atomic mass is 33.1. The van der Waals surface area contributed by atoms with Crippen LogP contribution in [0.3, 0.4) is 0 Å². The Balaban J connectivity index is 0. The first-order chi connectivity index (χ1) is 4.71. The lowest BCUT2D eigenvalue weighted by Gasteiger charge is -1.89. The minimum Gasteiger partial charge on any atom is -0.263 e. The average Bonchev–Trinajstić information content (AvgIpc) is 1.60. The van der Waals surface area contributed by atoms with Crippen molar-refractivity contribution in [1.82, 2.24) is 0 Å². The summed E-state index contributed by atoms with van der Waals surface area (Å²) in [6.07, 6.45) is 0. The minimum absolute atomic E-state index is 2.68. The largest absolute Gasteiger partial charge is 0.413 e. The first-order valence-electron chi connectivity index (χ1n) is 1.57. The lowest BCUT2D eigenvalue weighted by Crippen LogP contribution is -2.10. The van der Waals surface area contributed by atoms with Crippen molar-refractivity contribution in [3.05, 3.63) is 0 Å². The molecule has 0 spiro atoms. The molecule has 0 heterocycles. The van der Waals surface area contributed by atoms with Gasteiger partial charge in [0.15, 0.2) is 0 Å². The van der Waals surface area contributed by atoms with E-state index in [1.165, 1.54) is 0 Å². The van der Waals surface area contributed by atoms with Gasteiger partial charge >= 0.3 is 20.8 Å². The number of rotatable bonds is 2. The quantitative estimate of drug-likeness (QED) is 0.290. The molecule has 11 heavy (non-hydrogen) atoms. The van der Waals surface area contributed by atoms with Gasteiger partial charge in [-0.3, -0.25) is 9.11 Å². The summed E-state index contributed by atoms with van der Waals surface area (Å²) in [5.74, 6) is 0. The predicted octanol–water partition coefficient (Wildman–Crippen LogP) is -0.630. The highest BCUT2D eigenvalue weighted by molar-refractivity contribution is 8.59. The second-order valence-corrected chi connectivity index (χ2v) is 3.18. The van der Waals surface area contributed by atoms with Crippen LogP contribution in [0.5, 0.6) is 0 Å². The summed E-state index contributed by atoms with van der Waals surface area (Å²) in [7, 11) is -10.2. The molecule has 0 aliphatic rings. The van der Waals surface area contributed by atoms with Crippen molar-refractivity contribution in [2.24, 2.45) is 0 Å². The van der Waals surface area contributed by atoms with E-state index < -0.39 is 20.8 Å². The highest BCUT2D eigenvalue weighted by Gasteiger charge is 2.15. The summed E-state index contributed by atoms with van der Waals surface area (Å²) in [4.78, 5) is 0. The Labute approximate surface area is 73.9 Å². The molecule has 0 aliphatic heterocycles. The Morgan fingerprint density at radius 3 is 1.09 bits per heavy atom. The van der Waals surface area contributed by atoms with E-state index in [1.54, 1.807) is 0 Å². The third kappa shape index (κ3) is 17.9. The first-order valence-corrected chi connectivity index (χ1v) is 5.90. The van der Waals surface area contributed by atoms with Gasteiger partial charge < -0.3 is 0 Å². The van der Waals surface area contributed by atoms with Crippen molar-refractivity contribution in [3.63, 3.8) is 0 Å². The van der Waals surface area contributed by atoms with Crippen molar-refractivity contribution in [2.45, 2.75) is 0 Å². The molecule has 0 aromatic carbocycles. The van der Waals surface area contributed by atoms with Crippen LogP contribution in [0.1, 0.15) is 0 Å². The summed E-state index contributed by atoms with van der Waals surface area (Å²) in [5, 5.41) is 0. The summed E-state index contributed by atoms with van der Waals surface area (Å²) >= 11 is 6.44. The average molecular weight is 244 g/mol. The van der Waals surface area contributed by atoms with E-state index in [-0.39, 0.29) is 0 Å². The van der Waals surface area contributed by atoms with Crippen LogP contribution >= 0.6 is 23.3 Å². The smallest absolute Gasteiger partial charge is 0.263 e. The zero-order chi connectivity index (χ0) is 9.71. The number of hydrogen-bond acceptors (Lipinski definition) is 7. The van der Waals surface area contributed by atoms with Crippen LogP contribution in [0.4, 0.5) is 0 Å². The molecule has 2 N–H and O–H groups in total. The molecular formula is H4O7S4. The van der Waals surface area contributed by atoms with Crippen LogP contribution in [0.25, 0.3) is 0 Å². The summed E-state index contributed by atoms with van der Waals surface area (Å²) < 4.78 is 55.6. The maximum absolute atomic E-state index is 9.44. The first kappa shape index (κ1) is 14.0. The Morgan fingerprint density at radius 2 is 1.09 bits per heavy atom. The summed E-state index contributed by atoms with van der Waals surface area (Å²) in [5.41, 5.74) is 0. The van der Waals surface area contributed by atoms with Crippen molar-refractivity contribution >= 4 is 44.1 Å². The van der Waals surface area contributed by atoms with Gasteiger partial charge in [0, 0.05) is 0 Å². The van der Waals surface area contributed by atoms with Gasteiger partial charge in [0.1, 0.15) is 0 Å². The van der Waals surface area contributed by atoms with Crippen LogP contribution < -0.4 is 0 Å². The fraction of sp³-hybridized carbons (Fsp3) is 0. The van der Waals surface area contributed by atoms with Gasteiger partial charge in [0.05, 0.1) is 0 Å². The van der Waals surface area contributed by atoms with Gasteiger partial charge in [-0.25, -0.2) is 0 Å². The third-order valence-electron chi connectivity index (χ3n) is 0.172. The molecule has 0 unspecified atom stereocenters. The van der Waals surface area contributed by atoms with Crippen molar-refractivity contribution in [2.75, 3.05) is 0 Å². The van der Waals surface area contributed by atoms with E-state index in [2.05, 4.69) is 27.0 Å². The monoisotopic (exact) mass is 244 g/mol. The van der Waals surface area contributed by atoms with Gasteiger partial charge in [-0.15, -0.1) is 27.0 Å². The Kier molecular flexibility index (Phi) is 6.61. The fourth-order valence-corrected chi connectivity index (χ4v) is 0.978. The van der Waals surface area contributed by atoms with E-state index in [9.17, 15) is 16.8 Å². The third-order valence-corrected chi connectivity index (χ3v) is 1.55. The Morgan fingerprint density at radius 1 is 0.909 bits per heavy atom. The van der Waals surface area contributed by atoms with Crippen LogP contribution in [0, 0.1) is 0 Å². The molecule has 0 radical (unpaired) electrons. The van der Waals surface area contributed by atoms with Crippen molar-refractivity contribution < 1.29 is 29.6 Å². The van der Waals surface area contributed by atoms with Crippen LogP contribution in [-0.4, -0.2) is 25.9 Å². The van der Waals surface area contributed by atoms with Gasteiger partial charge in [0.25, 0.3) is 0 Å².